The van der Waals surface area contributed by atoms with Crippen molar-refractivity contribution in [3.05, 3.63) is 65.9 Å². The van der Waals surface area contributed by atoms with Gasteiger partial charge >= 0.3 is 0 Å². The second kappa shape index (κ2) is 7.28. The van der Waals surface area contributed by atoms with Crippen LogP contribution in [-0.4, -0.2) is 41.7 Å². The minimum atomic E-state index is -0.115. The molecule has 3 aliphatic rings. The van der Waals surface area contributed by atoms with Crippen LogP contribution >= 0.6 is 0 Å². The number of anilines is 1. The van der Waals surface area contributed by atoms with Gasteiger partial charge in [-0.1, -0.05) is 36.4 Å². The lowest BCUT2D eigenvalue weighted by molar-refractivity contribution is -0.130. The lowest BCUT2D eigenvalue weighted by Gasteiger charge is -2.33. The molecule has 0 radical (unpaired) electrons. The Morgan fingerprint density at radius 3 is 2.57 bits per heavy atom. The van der Waals surface area contributed by atoms with Crippen molar-refractivity contribution < 1.29 is 4.79 Å². The van der Waals surface area contributed by atoms with Crippen LogP contribution in [-0.2, 0) is 4.79 Å². The van der Waals surface area contributed by atoms with Gasteiger partial charge in [0.1, 0.15) is 12.0 Å². The van der Waals surface area contributed by atoms with Gasteiger partial charge in [-0.25, -0.2) is 10.4 Å². The molecule has 2 saturated heterocycles. The molecule has 0 bridgehead atoms. The number of benzene rings is 1. The van der Waals surface area contributed by atoms with E-state index in [1.165, 1.54) is 19.3 Å². The summed E-state index contributed by atoms with van der Waals surface area (Å²) in [6.45, 7) is 2.90. The quantitative estimate of drug-likeness (QED) is 0.863. The summed E-state index contributed by atoms with van der Waals surface area (Å²) >= 11 is 0. The summed E-state index contributed by atoms with van der Waals surface area (Å²) in [5.41, 5.74) is 6.29. The van der Waals surface area contributed by atoms with Crippen molar-refractivity contribution in [1.29, 1.82) is 0 Å². The molecule has 4 heterocycles. The third-order valence-electron chi connectivity index (χ3n) is 5.91. The number of hydrogen-bond donors (Lipinski definition) is 2. The molecule has 2 atom stereocenters. The summed E-state index contributed by atoms with van der Waals surface area (Å²) in [6.07, 6.45) is 7.33. The summed E-state index contributed by atoms with van der Waals surface area (Å²) < 4.78 is 0. The Bertz CT molecular complexity index is 874. The highest BCUT2D eigenvalue weighted by atomic mass is 16.2. The fourth-order valence-corrected chi connectivity index (χ4v) is 4.37. The Balaban J connectivity index is 1.37. The topological polar surface area (TPSA) is 60.5 Å². The van der Waals surface area contributed by atoms with E-state index in [0.29, 0.717) is 6.54 Å². The molecule has 0 aliphatic carbocycles. The largest absolute Gasteiger partial charge is 0.363 e. The van der Waals surface area contributed by atoms with E-state index in [4.69, 9.17) is 4.98 Å². The summed E-state index contributed by atoms with van der Waals surface area (Å²) in [7, 11) is 0. The van der Waals surface area contributed by atoms with Crippen LogP contribution < -0.4 is 15.6 Å². The van der Waals surface area contributed by atoms with Crippen LogP contribution in [0.25, 0.3) is 5.70 Å². The van der Waals surface area contributed by atoms with Crippen molar-refractivity contribution in [3.63, 3.8) is 0 Å². The van der Waals surface area contributed by atoms with E-state index in [9.17, 15) is 4.79 Å². The third-order valence-corrected chi connectivity index (χ3v) is 5.91. The number of hydrazine groups is 1. The smallest absolute Gasteiger partial charge is 0.264 e. The Hall–Kier alpha value is -2.86. The highest BCUT2D eigenvalue weighted by Gasteiger charge is 2.40. The molecule has 2 aromatic rings. The zero-order valence-corrected chi connectivity index (χ0v) is 15.8. The molecule has 0 spiro atoms. The van der Waals surface area contributed by atoms with Crippen LogP contribution in [0.3, 0.4) is 0 Å². The number of hydrogen-bond acceptors (Lipinski definition) is 5. The fourth-order valence-electron chi connectivity index (χ4n) is 4.37. The second-order valence-electron chi connectivity index (χ2n) is 7.69. The molecule has 0 saturated carbocycles. The Morgan fingerprint density at radius 2 is 1.82 bits per heavy atom. The van der Waals surface area contributed by atoms with Crippen LogP contribution in [0.15, 0.2) is 54.7 Å². The van der Waals surface area contributed by atoms with E-state index in [-0.39, 0.29) is 18.0 Å². The number of pyridine rings is 1. The first-order valence-corrected chi connectivity index (χ1v) is 10.1. The SMILES string of the molecule is O=C1C=C(c2ccccc2)NC2C(c3ccc(N4CCCCC4)nc3)CNN12. The van der Waals surface area contributed by atoms with Gasteiger partial charge in [-0.05, 0) is 36.5 Å². The van der Waals surface area contributed by atoms with Crippen molar-refractivity contribution >= 4 is 17.4 Å². The van der Waals surface area contributed by atoms with Crippen molar-refractivity contribution in [2.24, 2.45) is 0 Å². The molecule has 2 fully saturated rings. The molecule has 6 nitrogen and oxygen atoms in total. The van der Waals surface area contributed by atoms with Gasteiger partial charge in [-0.3, -0.25) is 9.80 Å². The lowest BCUT2D eigenvalue weighted by atomic mass is 9.96. The highest BCUT2D eigenvalue weighted by Crippen LogP contribution is 2.31. The molecular formula is C22H25N5O. The minimum absolute atomic E-state index is 0.0111. The van der Waals surface area contributed by atoms with Gasteiger partial charge < -0.3 is 10.2 Å². The van der Waals surface area contributed by atoms with Gasteiger partial charge in [0.05, 0.1) is 0 Å². The number of piperidine rings is 1. The zero-order chi connectivity index (χ0) is 18.9. The molecule has 5 rings (SSSR count). The van der Waals surface area contributed by atoms with Crippen molar-refractivity contribution in [3.8, 4) is 0 Å². The van der Waals surface area contributed by atoms with E-state index in [1.54, 1.807) is 11.1 Å². The van der Waals surface area contributed by atoms with Crippen molar-refractivity contribution in [1.82, 2.24) is 20.7 Å². The first-order chi connectivity index (χ1) is 13.8. The molecule has 6 heteroatoms. The van der Waals surface area contributed by atoms with Crippen LogP contribution in [0.5, 0.6) is 0 Å². The Labute approximate surface area is 165 Å². The van der Waals surface area contributed by atoms with Gasteiger partial charge in [-0.2, -0.15) is 0 Å². The maximum atomic E-state index is 12.6. The maximum Gasteiger partial charge on any atom is 0.264 e. The summed E-state index contributed by atoms with van der Waals surface area (Å²) in [5, 5.41) is 5.26. The number of aromatic nitrogens is 1. The molecule has 28 heavy (non-hydrogen) atoms. The van der Waals surface area contributed by atoms with Gasteiger partial charge in [0.15, 0.2) is 0 Å². The van der Waals surface area contributed by atoms with Crippen molar-refractivity contribution in [2.45, 2.75) is 31.3 Å². The third kappa shape index (κ3) is 3.14. The summed E-state index contributed by atoms with van der Waals surface area (Å²) in [5.74, 6) is 1.20. The number of rotatable bonds is 3. The molecule has 144 valence electrons. The standard InChI is InChI=1S/C22H25N5O/c28-21-13-19(16-7-3-1-4-8-16)25-22-18(15-24-27(21)22)17-9-10-20(23-14-17)26-11-5-2-6-12-26/h1,3-4,7-10,13-14,18,22,24-25H,2,5-6,11-12,15H2. The first-order valence-electron chi connectivity index (χ1n) is 10.1. The first kappa shape index (κ1) is 17.3. The van der Waals surface area contributed by atoms with Crippen LogP contribution in [0.2, 0.25) is 0 Å². The predicted octanol–water partition coefficient (Wildman–Crippen LogP) is 2.47. The molecule has 2 N–H and O–H groups in total. The minimum Gasteiger partial charge on any atom is -0.363 e. The van der Waals surface area contributed by atoms with Gasteiger partial charge in [-0.15, -0.1) is 0 Å². The Kier molecular flexibility index (Phi) is 4.49. The maximum absolute atomic E-state index is 12.6. The molecule has 2 unspecified atom stereocenters. The average Bonchev–Trinajstić information content (AvgIpc) is 3.20. The van der Waals surface area contributed by atoms with Crippen LogP contribution in [0.1, 0.15) is 36.3 Å². The number of nitrogens with one attached hydrogen (secondary N) is 2. The molecule has 1 amide bonds. The normalized spacial score (nSPS) is 24.6. The van der Waals surface area contributed by atoms with Crippen LogP contribution in [0, 0.1) is 0 Å². The van der Waals surface area contributed by atoms with E-state index in [1.807, 2.05) is 36.5 Å². The molecular weight excluding hydrogens is 350 g/mol. The number of carbonyl (C=O) groups is 1. The van der Waals surface area contributed by atoms with Gasteiger partial charge in [0, 0.05) is 43.5 Å². The molecule has 1 aromatic heterocycles. The number of fused-ring (bicyclic) bond motifs is 1. The Morgan fingerprint density at radius 1 is 1.00 bits per heavy atom. The van der Waals surface area contributed by atoms with Gasteiger partial charge in [0.2, 0.25) is 0 Å². The number of nitrogens with zero attached hydrogens (tertiary/aromatic N) is 3. The molecule has 1 aromatic carbocycles. The lowest BCUT2D eigenvalue weighted by Crippen LogP contribution is -2.52. The van der Waals surface area contributed by atoms with Gasteiger partial charge in [0.25, 0.3) is 5.91 Å². The number of carbonyl (C=O) groups excluding carboxylic acids is 1. The molecule has 3 aliphatic heterocycles. The predicted molar refractivity (Wildman–Crippen MR) is 109 cm³/mol. The highest BCUT2D eigenvalue weighted by molar-refractivity contribution is 5.96. The van der Waals surface area contributed by atoms with Crippen LogP contribution in [0.4, 0.5) is 5.82 Å². The summed E-state index contributed by atoms with van der Waals surface area (Å²) in [6, 6.07) is 14.3. The van der Waals surface area contributed by atoms with Crippen molar-refractivity contribution in [2.75, 3.05) is 24.5 Å². The zero-order valence-electron chi connectivity index (χ0n) is 15.8. The number of amides is 1. The summed E-state index contributed by atoms with van der Waals surface area (Å²) in [4.78, 5) is 19.7. The monoisotopic (exact) mass is 375 g/mol. The second-order valence-corrected chi connectivity index (χ2v) is 7.69. The average molecular weight is 375 g/mol. The fraction of sp³-hybridized carbons (Fsp3) is 0.364. The van der Waals surface area contributed by atoms with E-state index >= 15 is 0 Å². The van der Waals surface area contributed by atoms with E-state index < -0.39 is 0 Å². The van der Waals surface area contributed by atoms with E-state index in [2.05, 4.69) is 27.8 Å². The van der Waals surface area contributed by atoms with E-state index in [0.717, 1.165) is 35.7 Å².